The summed E-state index contributed by atoms with van der Waals surface area (Å²) in [6.45, 7) is 2.09. The van der Waals surface area contributed by atoms with Crippen molar-refractivity contribution in [3.8, 4) is 11.5 Å². The lowest BCUT2D eigenvalue weighted by Gasteiger charge is -2.08. The zero-order valence-corrected chi connectivity index (χ0v) is 15.7. The van der Waals surface area contributed by atoms with Crippen LogP contribution in [-0.2, 0) is 9.53 Å². The van der Waals surface area contributed by atoms with Gasteiger partial charge in [0.25, 0.3) is 0 Å². The monoisotopic (exact) mass is 427 g/mol. The number of ether oxygens (including phenoxy) is 1. The standard InChI is InChI=1S/C17H12BrCl2NO3/c1-2-23-17(22)15(18)9-3-6-14-13(7-9)21-16(24-14)11-5-4-10(19)8-12(11)20/h3-8,15H,2H2,1H3. The van der Waals surface area contributed by atoms with Gasteiger partial charge in [0.1, 0.15) is 10.3 Å². The van der Waals surface area contributed by atoms with Crippen LogP contribution in [-0.4, -0.2) is 17.6 Å². The van der Waals surface area contributed by atoms with Gasteiger partial charge in [0.05, 0.1) is 17.2 Å². The number of aromatic nitrogens is 1. The first kappa shape index (κ1) is 17.3. The number of carbonyl (C=O) groups is 1. The minimum Gasteiger partial charge on any atom is -0.465 e. The van der Waals surface area contributed by atoms with Crippen LogP contribution >= 0.6 is 39.1 Å². The number of alkyl halides is 1. The Kier molecular flexibility index (Phi) is 5.13. The van der Waals surface area contributed by atoms with E-state index in [1.807, 2.05) is 0 Å². The molecule has 24 heavy (non-hydrogen) atoms. The van der Waals surface area contributed by atoms with Crippen LogP contribution < -0.4 is 0 Å². The van der Waals surface area contributed by atoms with E-state index in [9.17, 15) is 4.79 Å². The lowest BCUT2D eigenvalue weighted by atomic mass is 10.1. The fourth-order valence-electron chi connectivity index (χ4n) is 2.23. The van der Waals surface area contributed by atoms with Crippen molar-refractivity contribution in [2.45, 2.75) is 11.8 Å². The number of carbonyl (C=O) groups excluding carboxylic acids is 1. The summed E-state index contributed by atoms with van der Waals surface area (Å²) < 4.78 is 10.8. The fourth-order valence-corrected chi connectivity index (χ4v) is 3.14. The Hall–Kier alpha value is -1.56. The van der Waals surface area contributed by atoms with E-state index in [1.165, 1.54) is 0 Å². The summed E-state index contributed by atoms with van der Waals surface area (Å²) in [4.78, 5) is 15.7. The number of oxazole rings is 1. The predicted octanol–water partition coefficient (Wildman–Crippen LogP) is 5.80. The molecule has 0 N–H and O–H groups in total. The van der Waals surface area contributed by atoms with E-state index < -0.39 is 4.83 Å². The summed E-state index contributed by atoms with van der Waals surface area (Å²) in [6.07, 6.45) is 0. The maximum atomic E-state index is 11.8. The quantitative estimate of drug-likeness (QED) is 0.389. The van der Waals surface area contributed by atoms with E-state index in [-0.39, 0.29) is 5.97 Å². The van der Waals surface area contributed by atoms with Gasteiger partial charge in [-0.25, -0.2) is 4.98 Å². The molecule has 0 aliphatic carbocycles. The summed E-state index contributed by atoms with van der Waals surface area (Å²) in [5, 5.41) is 0.998. The Morgan fingerprint density at radius 1 is 1.29 bits per heavy atom. The molecule has 1 unspecified atom stereocenters. The van der Waals surface area contributed by atoms with Crippen molar-refractivity contribution in [3.63, 3.8) is 0 Å². The van der Waals surface area contributed by atoms with Crippen LogP contribution in [0, 0.1) is 0 Å². The largest absolute Gasteiger partial charge is 0.465 e. The van der Waals surface area contributed by atoms with Gasteiger partial charge >= 0.3 is 5.97 Å². The molecule has 0 spiro atoms. The van der Waals surface area contributed by atoms with Crippen molar-refractivity contribution in [2.24, 2.45) is 0 Å². The third kappa shape index (κ3) is 3.43. The third-order valence-electron chi connectivity index (χ3n) is 3.36. The second-order valence-electron chi connectivity index (χ2n) is 4.98. The van der Waals surface area contributed by atoms with Gasteiger partial charge in [-0.1, -0.05) is 45.2 Å². The van der Waals surface area contributed by atoms with Gasteiger partial charge < -0.3 is 9.15 Å². The van der Waals surface area contributed by atoms with Crippen molar-refractivity contribution in [1.29, 1.82) is 0 Å². The number of esters is 1. The Bertz CT molecular complexity index is 910. The number of benzene rings is 2. The first-order valence-corrected chi connectivity index (χ1v) is 8.83. The van der Waals surface area contributed by atoms with Crippen molar-refractivity contribution in [3.05, 3.63) is 52.0 Å². The van der Waals surface area contributed by atoms with Crippen LogP contribution in [0.2, 0.25) is 10.0 Å². The van der Waals surface area contributed by atoms with Crippen LogP contribution in [0.4, 0.5) is 0 Å². The Morgan fingerprint density at radius 3 is 2.79 bits per heavy atom. The average Bonchev–Trinajstić information content (AvgIpc) is 2.96. The molecule has 0 aliphatic heterocycles. The first-order valence-electron chi connectivity index (χ1n) is 7.16. The lowest BCUT2D eigenvalue weighted by molar-refractivity contribution is -0.142. The summed E-state index contributed by atoms with van der Waals surface area (Å²) in [5.74, 6) is 0.0485. The van der Waals surface area contributed by atoms with Gasteiger partial charge in [0, 0.05) is 5.02 Å². The highest BCUT2D eigenvalue weighted by atomic mass is 79.9. The molecular formula is C17H12BrCl2NO3. The van der Waals surface area contributed by atoms with E-state index in [0.717, 1.165) is 5.56 Å². The number of nitrogens with zero attached hydrogens (tertiary/aromatic N) is 1. The van der Waals surface area contributed by atoms with Gasteiger partial charge in [-0.05, 0) is 42.8 Å². The topological polar surface area (TPSA) is 52.3 Å². The van der Waals surface area contributed by atoms with E-state index in [1.54, 1.807) is 43.3 Å². The zero-order valence-electron chi connectivity index (χ0n) is 12.6. The molecular weight excluding hydrogens is 417 g/mol. The SMILES string of the molecule is CCOC(=O)C(Br)c1ccc2oc(-c3ccc(Cl)cc3Cl)nc2c1. The summed E-state index contributed by atoms with van der Waals surface area (Å²) in [5.41, 5.74) is 2.62. The van der Waals surface area contributed by atoms with Crippen molar-refractivity contribution in [2.75, 3.05) is 6.61 Å². The number of hydrogen-bond acceptors (Lipinski definition) is 4. The second-order valence-corrected chi connectivity index (χ2v) is 6.74. The molecule has 4 nitrogen and oxygen atoms in total. The third-order valence-corrected chi connectivity index (χ3v) is 4.81. The van der Waals surface area contributed by atoms with Gasteiger partial charge in [-0.2, -0.15) is 0 Å². The Labute approximate surface area is 156 Å². The highest BCUT2D eigenvalue weighted by Gasteiger charge is 2.20. The number of halogens is 3. The highest BCUT2D eigenvalue weighted by molar-refractivity contribution is 9.09. The molecule has 0 fully saturated rings. The van der Waals surface area contributed by atoms with E-state index in [4.69, 9.17) is 32.4 Å². The molecule has 1 aromatic heterocycles. The minimum atomic E-state index is -0.555. The zero-order chi connectivity index (χ0) is 17.3. The predicted molar refractivity (Wildman–Crippen MR) is 97.8 cm³/mol. The van der Waals surface area contributed by atoms with Gasteiger partial charge in [0.2, 0.25) is 5.89 Å². The molecule has 3 aromatic rings. The number of rotatable bonds is 4. The molecule has 124 valence electrons. The fraction of sp³-hybridized carbons (Fsp3) is 0.176. The first-order chi connectivity index (χ1) is 11.5. The highest BCUT2D eigenvalue weighted by Crippen LogP contribution is 2.33. The summed E-state index contributed by atoms with van der Waals surface area (Å²) in [6, 6.07) is 10.4. The maximum absolute atomic E-state index is 11.8. The van der Waals surface area contributed by atoms with Crippen LogP contribution in [0.3, 0.4) is 0 Å². The van der Waals surface area contributed by atoms with Gasteiger partial charge in [0.15, 0.2) is 5.58 Å². The van der Waals surface area contributed by atoms with Crippen LogP contribution in [0.25, 0.3) is 22.6 Å². The van der Waals surface area contributed by atoms with Gasteiger partial charge in [-0.3, -0.25) is 4.79 Å². The molecule has 0 saturated carbocycles. The molecule has 2 aromatic carbocycles. The van der Waals surface area contributed by atoms with Crippen LogP contribution in [0.15, 0.2) is 40.8 Å². The molecule has 0 saturated heterocycles. The molecule has 1 heterocycles. The Morgan fingerprint density at radius 2 is 2.08 bits per heavy atom. The van der Waals surface area contributed by atoms with Crippen molar-refractivity contribution in [1.82, 2.24) is 4.98 Å². The smallest absolute Gasteiger partial charge is 0.324 e. The number of hydrogen-bond donors (Lipinski definition) is 0. The van der Waals surface area contributed by atoms with Crippen molar-refractivity contribution >= 4 is 56.2 Å². The molecule has 3 rings (SSSR count). The normalized spacial score (nSPS) is 12.3. The molecule has 0 aliphatic rings. The molecule has 0 radical (unpaired) electrons. The minimum absolute atomic E-state index is 0.326. The van der Waals surface area contributed by atoms with E-state index in [2.05, 4.69) is 20.9 Å². The van der Waals surface area contributed by atoms with E-state index >= 15 is 0 Å². The molecule has 1 atom stereocenters. The lowest BCUT2D eigenvalue weighted by Crippen LogP contribution is -2.10. The number of fused-ring (bicyclic) bond motifs is 1. The average molecular weight is 429 g/mol. The van der Waals surface area contributed by atoms with Crippen LogP contribution in [0.1, 0.15) is 17.3 Å². The van der Waals surface area contributed by atoms with Crippen LogP contribution in [0.5, 0.6) is 0 Å². The molecule has 0 amide bonds. The summed E-state index contributed by atoms with van der Waals surface area (Å²) >= 11 is 15.4. The summed E-state index contributed by atoms with van der Waals surface area (Å²) in [7, 11) is 0. The molecule has 7 heteroatoms. The Balaban J connectivity index is 1.98. The van der Waals surface area contributed by atoms with Crippen molar-refractivity contribution < 1.29 is 13.9 Å². The second kappa shape index (κ2) is 7.13. The van der Waals surface area contributed by atoms with E-state index in [0.29, 0.717) is 39.2 Å². The molecule has 0 bridgehead atoms. The maximum Gasteiger partial charge on any atom is 0.324 e. The van der Waals surface area contributed by atoms with Gasteiger partial charge in [-0.15, -0.1) is 0 Å².